The summed E-state index contributed by atoms with van der Waals surface area (Å²) in [6.07, 6.45) is 1.56. The van der Waals surface area contributed by atoms with Crippen LogP contribution in [0.25, 0.3) is 5.69 Å². The number of nitrogens with one attached hydrogen (secondary N) is 1. The van der Waals surface area contributed by atoms with Crippen LogP contribution < -0.4 is 10.2 Å². The van der Waals surface area contributed by atoms with Crippen molar-refractivity contribution in [3.63, 3.8) is 0 Å². The highest BCUT2D eigenvalue weighted by Gasteiger charge is 2.16. The number of nitrogens with zero attached hydrogens (tertiary/aromatic N) is 2. The number of methoxy groups -OCH3 is 1. The number of amides is 1. The van der Waals surface area contributed by atoms with Crippen molar-refractivity contribution in [1.82, 2.24) is 9.99 Å². The third-order valence-corrected chi connectivity index (χ3v) is 4.23. The Balaban J connectivity index is 1.78. The highest BCUT2D eigenvalue weighted by molar-refractivity contribution is 5.96. The van der Waals surface area contributed by atoms with E-state index in [9.17, 15) is 9.18 Å². The van der Waals surface area contributed by atoms with Crippen molar-refractivity contribution >= 4 is 12.1 Å². The molecule has 3 aromatic rings. The molecular weight excluding hydrogens is 345 g/mol. The lowest BCUT2D eigenvalue weighted by Crippen LogP contribution is -2.18. The van der Waals surface area contributed by atoms with Crippen LogP contribution >= 0.6 is 0 Å². The summed E-state index contributed by atoms with van der Waals surface area (Å²) in [5.41, 5.74) is 6.30. The predicted molar refractivity (Wildman–Crippen MR) is 103 cm³/mol. The fraction of sp³-hybridized carbons (Fsp3) is 0.143. The van der Waals surface area contributed by atoms with Crippen LogP contribution in [0.5, 0.6) is 5.75 Å². The summed E-state index contributed by atoms with van der Waals surface area (Å²) in [6.45, 7) is 3.74. The Bertz CT molecular complexity index is 991. The molecule has 0 saturated carbocycles. The number of hydrogen-bond acceptors (Lipinski definition) is 3. The Morgan fingerprint density at radius 3 is 2.59 bits per heavy atom. The molecule has 1 amide bonds. The Labute approximate surface area is 157 Å². The second-order valence-corrected chi connectivity index (χ2v) is 6.07. The standard InChI is InChI=1S/C21H20FN3O2/c1-14-11-20(15(2)25(14)18-9-7-17(22)8-10-18)21(26)24-23-13-16-5-4-6-19(12-16)27-3/h4-13H,1-3H3,(H,24,26)/b23-13+. The molecule has 0 radical (unpaired) electrons. The van der Waals surface area contributed by atoms with Crippen LogP contribution in [0.1, 0.15) is 27.3 Å². The number of hydrogen-bond donors (Lipinski definition) is 1. The molecule has 0 aliphatic rings. The average molecular weight is 365 g/mol. The van der Waals surface area contributed by atoms with Crippen LogP contribution in [-0.4, -0.2) is 23.8 Å². The molecule has 6 heteroatoms. The van der Waals surface area contributed by atoms with E-state index in [1.54, 1.807) is 31.5 Å². The van der Waals surface area contributed by atoms with Crippen LogP contribution in [0.3, 0.4) is 0 Å². The molecule has 0 aliphatic heterocycles. The van der Waals surface area contributed by atoms with Gasteiger partial charge in [-0.05, 0) is 61.9 Å². The van der Waals surface area contributed by atoms with Gasteiger partial charge in [-0.2, -0.15) is 5.10 Å². The Hall–Kier alpha value is -3.41. The second kappa shape index (κ2) is 7.86. The number of aryl methyl sites for hydroxylation is 1. The van der Waals surface area contributed by atoms with Gasteiger partial charge in [-0.25, -0.2) is 9.82 Å². The quantitative estimate of drug-likeness (QED) is 0.549. The van der Waals surface area contributed by atoms with Crippen LogP contribution in [0.15, 0.2) is 59.7 Å². The van der Waals surface area contributed by atoms with Gasteiger partial charge < -0.3 is 9.30 Å². The van der Waals surface area contributed by atoms with Gasteiger partial charge in [-0.3, -0.25) is 4.79 Å². The van der Waals surface area contributed by atoms with Gasteiger partial charge >= 0.3 is 0 Å². The van der Waals surface area contributed by atoms with E-state index in [0.29, 0.717) is 11.3 Å². The van der Waals surface area contributed by atoms with E-state index in [2.05, 4.69) is 10.5 Å². The van der Waals surface area contributed by atoms with Crippen molar-refractivity contribution < 1.29 is 13.9 Å². The van der Waals surface area contributed by atoms with Crippen LogP contribution in [0.4, 0.5) is 4.39 Å². The molecule has 0 aliphatic carbocycles. The number of aromatic nitrogens is 1. The van der Waals surface area contributed by atoms with Crippen molar-refractivity contribution in [3.8, 4) is 11.4 Å². The zero-order chi connectivity index (χ0) is 19.4. The fourth-order valence-electron chi connectivity index (χ4n) is 2.93. The first kappa shape index (κ1) is 18.4. The highest BCUT2D eigenvalue weighted by atomic mass is 19.1. The maximum Gasteiger partial charge on any atom is 0.273 e. The summed E-state index contributed by atoms with van der Waals surface area (Å²) in [5, 5.41) is 4.02. The van der Waals surface area contributed by atoms with E-state index in [4.69, 9.17) is 4.74 Å². The first-order valence-electron chi connectivity index (χ1n) is 8.42. The monoisotopic (exact) mass is 365 g/mol. The smallest absolute Gasteiger partial charge is 0.273 e. The summed E-state index contributed by atoms with van der Waals surface area (Å²) in [5.74, 6) is 0.106. The molecule has 0 fully saturated rings. The topological polar surface area (TPSA) is 55.6 Å². The zero-order valence-electron chi connectivity index (χ0n) is 15.4. The second-order valence-electron chi connectivity index (χ2n) is 6.07. The number of benzene rings is 2. The molecular formula is C21H20FN3O2. The number of hydrazone groups is 1. The lowest BCUT2D eigenvalue weighted by Gasteiger charge is -2.09. The molecule has 5 nitrogen and oxygen atoms in total. The van der Waals surface area contributed by atoms with Gasteiger partial charge in [0.05, 0.1) is 18.9 Å². The normalized spacial score (nSPS) is 11.0. The van der Waals surface area contributed by atoms with Crippen molar-refractivity contribution in [2.45, 2.75) is 13.8 Å². The number of halogens is 1. The minimum Gasteiger partial charge on any atom is -0.497 e. The number of carbonyl (C=O) groups is 1. The van der Waals surface area contributed by atoms with E-state index < -0.39 is 0 Å². The van der Waals surface area contributed by atoms with Gasteiger partial charge in [0.1, 0.15) is 11.6 Å². The van der Waals surface area contributed by atoms with E-state index in [-0.39, 0.29) is 11.7 Å². The molecule has 1 heterocycles. The van der Waals surface area contributed by atoms with E-state index in [1.807, 2.05) is 42.7 Å². The van der Waals surface area contributed by atoms with Gasteiger partial charge in [0.25, 0.3) is 5.91 Å². The van der Waals surface area contributed by atoms with E-state index >= 15 is 0 Å². The van der Waals surface area contributed by atoms with Crippen molar-refractivity contribution in [1.29, 1.82) is 0 Å². The van der Waals surface area contributed by atoms with Gasteiger partial charge in [0.2, 0.25) is 0 Å². The van der Waals surface area contributed by atoms with Gasteiger partial charge in [-0.15, -0.1) is 0 Å². The third-order valence-electron chi connectivity index (χ3n) is 4.23. The van der Waals surface area contributed by atoms with Crippen molar-refractivity contribution in [3.05, 3.63) is 82.9 Å². The summed E-state index contributed by atoms with van der Waals surface area (Å²) in [7, 11) is 1.59. The Morgan fingerprint density at radius 1 is 1.15 bits per heavy atom. The van der Waals surface area contributed by atoms with E-state index in [1.165, 1.54) is 12.1 Å². The Kier molecular flexibility index (Phi) is 5.35. The molecule has 1 aromatic heterocycles. The maximum atomic E-state index is 13.2. The largest absolute Gasteiger partial charge is 0.497 e. The van der Waals surface area contributed by atoms with Crippen LogP contribution in [0.2, 0.25) is 0 Å². The molecule has 138 valence electrons. The average Bonchev–Trinajstić information content (AvgIpc) is 2.97. The zero-order valence-corrected chi connectivity index (χ0v) is 15.4. The lowest BCUT2D eigenvalue weighted by molar-refractivity contribution is 0.0954. The van der Waals surface area contributed by atoms with Crippen LogP contribution in [-0.2, 0) is 0 Å². The summed E-state index contributed by atoms with van der Waals surface area (Å²) < 4.78 is 20.2. The first-order chi connectivity index (χ1) is 13.0. The molecule has 3 rings (SSSR count). The highest BCUT2D eigenvalue weighted by Crippen LogP contribution is 2.21. The minimum atomic E-state index is -0.310. The Morgan fingerprint density at radius 2 is 1.89 bits per heavy atom. The lowest BCUT2D eigenvalue weighted by atomic mass is 10.2. The molecule has 0 spiro atoms. The summed E-state index contributed by atoms with van der Waals surface area (Å²) >= 11 is 0. The summed E-state index contributed by atoms with van der Waals surface area (Å²) in [4.78, 5) is 12.5. The van der Waals surface area contributed by atoms with Crippen LogP contribution in [0, 0.1) is 19.7 Å². The molecule has 1 N–H and O–H groups in total. The van der Waals surface area contributed by atoms with Gasteiger partial charge in [0, 0.05) is 17.1 Å². The van der Waals surface area contributed by atoms with Crippen molar-refractivity contribution in [2.24, 2.45) is 5.10 Å². The SMILES string of the molecule is COc1cccc(/C=N/NC(=O)c2cc(C)n(-c3ccc(F)cc3)c2C)c1. The molecule has 0 bridgehead atoms. The molecule has 0 saturated heterocycles. The first-order valence-corrected chi connectivity index (χ1v) is 8.42. The number of rotatable bonds is 5. The molecule has 27 heavy (non-hydrogen) atoms. The third kappa shape index (κ3) is 4.06. The maximum absolute atomic E-state index is 13.2. The number of ether oxygens (including phenoxy) is 1. The predicted octanol–water partition coefficient (Wildman–Crippen LogP) is 4.01. The fourth-order valence-corrected chi connectivity index (χ4v) is 2.93. The molecule has 0 atom stereocenters. The summed E-state index contributed by atoms with van der Waals surface area (Å²) in [6, 6.07) is 15.3. The molecule has 0 unspecified atom stereocenters. The minimum absolute atomic E-state index is 0.300. The molecule has 2 aromatic carbocycles. The number of carbonyl (C=O) groups excluding carboxylic acids is 1. The van der Waals surface area contributed by atoms with Gasteiger partial charge in [0.15, 0.2) is 0 Å². The van der Waals surface area contributed by atoms with E-state index in [0.717, 1.165) is 22.6 Å². The van der Waals surface area contributed by atoms with Gasteiger partial charge in [-0.1, -0.05) is 12.1 Å². The van der Waals surface area contributed by atoms with Crippen molar-refractivity contribution in [2.75, 3.05) is 7.11 Å².